The number of nitrogens with zero attached hydrogens (tertiary/aromatic N) is 1. The smallest absolute Gasteiger partial charge is 0.242 e. The van der Waals surface area contributed by atoms with Gasteiger partial charge in [-0.15, -0.1) is 0 Å². The number of hydrogen-bond donors (Lipinski definition) is 1. The largest absolute Gasteiger partial charge is 0.357 e. The van der Waals surface area contributed by atoms with Crippen LogP contribution in [0.4, 0.5) is 0 Å². The first-order chi connectivity index (χ1) is 12.4. The molecule has 2 aromatic carbocycles. The minimum atomic E-state index is -0.497. The van der Waals surface area contributed by atoms with Crippen molar-refractivity contribution >= 4 is 11.8 Å². The van der Waals surface area contributed by atoms with E-state index in [1.165, 1.54) is 11.1 Å². The van der Waals surface area contributed by atoms with Crippen LogP contribution in [0.25, 0.3) is 0 Å². The second-order valence-electron chi connectivity index (χ2n) is 6.71. The van der Waals surface area contributed by atoms with E-state index in [4.69, 9.17) is 0 Å². The van der Waals surface area contributed by atoms with Crippen molar-refractivity contribution in [2.75, 3.05) is 13.6 Å². The van der Waals surface area contributed by atoms with Crippen molar-refractivity contribution in [3.8, 4) is 0 Å². The standard InChI is InChI=1S/C22H28N2O2/c1-16-10-11-20(14-17(16)2)15-21(25)24(18(3)22(26)23-4)13-12-19-8-6-5-7-9-19/h5-11,14,18H,12-13,15H2,1-4H3,(H,23,26). The SMILES string of the molecule is CNC(=O)C(C)N(CCc1ccccc1)C(=O)Cc1ccc(C)c(C)c1. The zero-order valence-corrected chi connectivity index (χ0v) is 16.1. The zero-order valence-electron chi connectivity index (χ0n) is 16.1. The molecule has 2 amide bonds. The number of carbonyl (C=O) groups excluding carboxylic acids is 2. The number of rotatable bonds is 7. The Labute approximate surface area is 156 Å². The Hall–Kier alpha value is -2.62. The van der Waals surface area contributed by atoms with E-state index < -0.39 is 6.04 Å². The molecule has 138 valence electrons. The summed E-state index contributed by atoms with van der Waals surface area (Å²) in [6.45, 7) is 6.40. The van der Waals surface area contributed by atoms with E-state index in [1.54, 1.807) is 18.9 Å². The van der Waals surface area contributed by atoms with E-state index >= 15 is 0 Å². The van der Waals surface area contributed by atoms with Gasteiger partial charge in [-0.3, -0.25) is 9.59 Å². The molecule has 1 N–H and O–H groups in total. The quantitative estimate of drug-likeness (QED) is 0.833. The van der Waals surface area contributed by atoms with Crippen molar-refractivity contribution in [3.63, 3.8) is 0 Å². The lowest BCUT2D eigenvalue weighted by molar-refractivity contribution is -0.139. The van der Waals surface area contributed by atoms with Crippen molar-refractivity contribution in [1.29, 1.82) is 0 Å². The lowest BCUT2D eigenvalue weighted by Gasteiger charge is -2.28. The third-order valence-electron chi connectivity index (χ3n) is 4.82. The average Bonchev–Trinajstić information content (AvgIpc) is 2.65. The van der Waals surface area contributed by atoms with Crippen LogP contribution >= 0.6 is 0 Å². The molecular formula is C22H28N2O2. The maximum atomic E-state index is 12.9. The highest BCUT2D eigenvalue weighted by molar-refractivity contribution is 5.88. The Morgan fingerprint density at radius 2 is 1.69 bits per heavy atom. The van der Waals surface area contributed by atoms with Crippen molar-refractivity contribution in [2.24, 2.45) is 0 Å². The van der Waals surface area contributed by atoms with E-state index in [0.29, 0.717) is 13.0 Å². The van der Waals surface area contributed by atoms with Crippen LogP contribution in [0.1, 0.15) is 29.2 Å². The Morgan fingerprint density at radius 1 is 1.00 bits per heavy atom. The van der Waals surface area contributed by atoms with E-state index in [-0.39, 0.29) is 11.8 Å². The molecule has 0 aliphatic carbocycles. The number of benzene rings is 2. The van der Waals surface area contributed by atoms with Crippen LogP contribution < -0.4 is 5.32 Å². The fraction of sp³-hybridized carbons (Fsp3) is 0.364. The van der Waals surface area contributed by atoms with Gasteiger partial charge in [-0.1, -0.05) is 48.5 Å². The molecule has 0 saturated heterocycles. The predicted octanol–water partition coefficient (Wildman–Crippen LogP) is 3.05. The molecule has 0 fully saturated rings. The highest BCUT2D eigenvalue weighted by Crippen LogP contribution is 2.13. The molecule has 0 radical (unpaired) electrons. The molecule has 0 saturated carbocycles. The van der Waals surface area contributed by atoms with Gasteiger partial charge in [0.15, 0.2) is 0 Å². The van der Waals surface area contributed by atoms with Gasteiger partial charge < -0.3 is 10.2 Å². The van der Waals surface area contributed by atoms with Crippen LogP contribution in [0, 0.1) is 13.8 Å². The summed E-state index contributed by atoms with van der Waals surface area (Å²) in [7, 11) is 1.60. The minimum Gasteiger partial charge on any atom is -0.357 e. The molecule has 4 heteroatoms. The number of aryl methyl sites for hydroxylation is 2. The Balaban J connectivity index is 2.14. The molecule has 2 rings (SSSR count). The summed E-state index contributed by atoms with van der Waals surface area (Å²) in [6.07, 6.45) is 1.03. The number of hydrogen-bond acceptors (Lipinski definition) is 2. The number of likely N-dealkylation sites (N-methyl/N-ethyl adjacent to an activating group) is 1. The first-order valence-electron chi connectivity index (χ1n) is 9.03. The Bertz CT molecular complexity index is 756. The first kappa shape index (κ1) is 19.7. The van der Waals surface area contributed by atoms with Crippen molar-refractivity contribution in [2.45, 2.75) is 39.7 Å². The van der Waals surface area contributed by atoms with E-state index in [1.807, 2.05) is 55.5 Å². The van der Waals surface area contributed by atoms with Gasteiger partial charge in [0.2, 0.25) is 11.8 Å². The summed E-state index contributed by atoms with van der Waals surface area (Å²) in [5.41, 5.74) is 4.51. The molecule has 26 heavy (non-hydrogen) atoms. The highest BCUT2D eigenvalue weighted by Gasteiger charge is 2.25. The predicted molar refractivity (Wildman–Crippen MR) is 105 cm³/mol. The maximum absolute atomic E-state index is 12.9. The van der Waals surface area contributed by atoms with Crippen molar-refractivity contribution in [3.05, 3.63) is 70.8 Å². The van der Waals surface area contributed by atoms with Gasteiger partial charge in [-0.05, 0) is 49.4 Å². The van der Waals surface area contributed by atoms with E-state index in [9.17, 15) is 9.59 Å². The first-order valence-corrected chi connectivity index (χ1v) is 9.03. The zero-order chi connectivity index (χ0) is 19.1. The second kappa shape index (κ2) is 9.18. The van der Waals surface area contributed by atoms with Crippen LogP contribution in [0.2, 0.25) is 0 Å². The van der Waals surface area contributed by atoms with Crippen LogP contribution in [0.3, 0.4) is 0 Å². The topological polar surface area (TPSA) is 49.4 Å². The average molecular weight is 352 g/mol. The third-order valence-corrected chi connectivity index (χ3v) is 4.82. The molecule has 4 nitrogen and oxygen atoms in total. The van der Waals surface area contributed by atoms with E-state index in [2.05, 4.69) is 12.2 Å². The van der Waals surface area contributed by atoms with E-state index in [0.717, 1.165) is 17.5 Å². The molecule has 1 unspecified atom stereocenters. The number of nitrogens with one attached hydrogen (secondary N) is 1. The van der Waals surface area contributed by atoms with Gasteiger partial charge in [0.1, 0.15) is 6.04 Å². The number of carbonyl (C=O) groups is 2. The molecule has 2 aromatic rings. The Morgan fingerprint density at radius 3 is 2.31 bits per heavy atom. The van der Waals surface area contributed by atoms with Gasteiger partial charge in [-0.2, -0.15) is 0 Å². The Kier molecular flexibility index (Phi) is 6.96. The molecule has 0 heterocycles. The fourth-order valence-electron chi connectivity index (χ4n) is 2.97. The normalized spacial score (nSPS) is 11.7. The molecule has 0 aromatic heterocycles. The van der Waals surface area contributed by atoms with Gasteiger partial charge in [0.25, 0.3) is 0 Å². The summed E-state index contributed by atoms with van der Waals surface area (Å²) in [6, 6.07) is 15.6. The second-order valence-corrected chi connectivity index (χ2v) is 6.71. The molecular weight excluding hydrogens is 324 g/mol. The fourth-order valence-corrected chi connectivity index (χ4v) is 2.97. The van der Waals surface area contributed by atoms with Gasteiger partial charge in [0.05, 0.1) is 6.42 Å². The summed E-state index contributed by atoms with van der Waals surface area (Å²) >= 11 is 0. The summed E-state index contributed by atoms with van der Waals surface area (Å²) in [4.78, 5) is 26.7. The molecule has 1 atom stereocenters. The number of amides is 2. The third kappa shape index (κ3) is 5.19. The maximum Gasteiger partial charge on any atom is 0.242 e. The highest BCUT2D eigenvalue weighted by atomic mass is 16.2. The van der Waals surface area contributed by atoms with Crippen molar-refractivity contribution in [1.82, 2.24) is 10.2 Å². The molecule has 0 aliphatic heterocycles. The van der Waals surface area contributed by atoms with Crippen LogP contribution in [-0.4, -0.2) is 36.3 Å². The summed E-state index contributed by atoms with van der Waals surface area (Å²) in [5.74, 6) is -0.174. The summed E-state index contributed by atoms with van der Waals surface area (Å²) < 4.78 is 0. The van der Waals surface area contributed by atoms with Gasteiger partial charge in [0, 0.05) is 13.6 Å². The molecule has 0 spiro atoms. The monoisotopic (exact) mass is 352 g/mol. The van der Waals surface area contributed by atoms with Crippen molar-refractivity contribution < 1.29 is 9.59 Å². The van der Waals surface area contributed by atoms with Gasteiger partial charge in [-0.25, -0.2) is 0 Å². The van der Waals surface area contributed by atoms with Gasteiger partial charge >= 0.3 is 0 Å². The minimum absolute atomic E-state index is 0.0275. The lowest BCUT2D eigenvalue weighted by atomic mass is 10.0. The summed E-state index contributed by atoms with van der Waals surface area (Å²) in [5, 5.41) is 2.65. The molecule has 0 aliphatic rings. The van der Waals surface area contributed by atoms with Crippen LogP contribution in [0.5, 0.6) is 0 Å². The molecule has 0 bridgehead atoms. The lowest BCUT2D eigenvalue weighted by Crippen LogP contribution is -2.48. The van der Waals surface area contributed by atoms with Crippen LogP contribution in [-0.2, 0) is 22.4 Å². The van der Waals surface area contributed by atoms with Crippen LogP contribution in [0.15, 0.2) is 48.5 Å².